The van der Waals surface area contributed by atoms with Crippen molar-refractivity contribution in [1.82, 2.24) is 5.32 Å². The molecule has 0 fully saturated rings. The molecule has 0 aliphatic heterocycles. The smallest absolute Gasteiger partial charge is 0.235 e. The molecule has 6 heteroatoms. The van der Waals surface area contributed by atoms with Crippen LogP contribution in [0, 0.1) is 5.92 Å². The molecule has 0 heterocycles. The minimum absolute atomic E-state index is 0.0715. The minimum Gasteiger partial charge on any atom is -0.399 e. The Bertz CT molecular complexity index is 524. The van der Waals surface area contributed by atoms with Crippen molar-refractivity contribution in [3.05, 3.63) is 24.3 Å². The van der Waals surface area contributed by atoms with Gasteiger partial charge in [0, 0.05) is 12.2 Å². The first-order valence-corrected chi connectivity index (χ1v) is 7.31. The standard InChI is InChI=1S/C12H18N2O3S/c1-9(2)7-14-12(15)8-18(16,17)11-5-3-4-10(13)6-11/h3-6,9H,7-8,13H2,1-2H3,(H,14,15). The van der Waals surface area contributed by atoms with Crippen molar-refractivity contribution in [2.45, 2.75) is 18.7 Å². The number of sulfone groups is 1. The van der Waals surface area contributed by atoms with Gasteiger partial charge in [0.15, 0.2) is 9.84 Å². The number of hydrogen-bond acceptors (Lipinski definition) is 4. The predicted octanol–water partition coefficient (Wildman–Crippen LogP) is 0.815. The van der Waals surface area contributed by atoms with E-state index in [2.05, 4.69) is 5.32 Å². The molecule has 5 nitrogen and oxygen atoms in total. The van der Waals surface area contributed by atoms with Gasteiger partial charge in [0.2, 0.25) is 5.91 Å². The minimum atomic E-state index is -3.62. The Morgan fingerprint density at radius 1 is 1.39 bits per heavy atom. The van der Waals surface area contributed by atoms with Gasteiger partial charge in [-0.25, -0.2) is 8.42 Å². The number of anilines is 1. The first-order chi connectivity index (χ1) is 8.31. The third-order valence-electron chi connectivity index (χ3n) is 2.25. The predicted molar refractivity (Wildman–Crippen MR) is 70.8 cm³/mol. The van der Waals surface area contributed by atoms with Gasteiger partial charge in [0.05, 0.1) is 4.90 Å². The fraction of sp³-hybridized carbons (Fsp3) is 0.417. The van der Waals surface area contributed by atoms with E-state index in [9.17, 15) is 13.2 Å². The highest BCUT2D eigenvalue weighted by molar-refractivity contribution is 7.92. The normalized spacial score (nSPS) is 11.5. The van der Waals surface area contributed by atoms with Crippen LogP contribution < -0.4 is 11.1 Å². The number of nitrogens with two attached hydrogens (primary N) is 1. The molecule has 100 valence electrons. The van der Waals surface area contributed by atoms with Crippen molar-refractivity contribution < 1.29 is 13.2 Å². The lowest BCUT2D eigenvalue weighted by Gasteiger charge is -2.08. The molecule has 0 aliphatic rings. The number of carbonyl (C=O) groups excluding carboxylic acids is 1. The zero-order valence-corrected chi connectivity index (χ0v) is 11.3. The second-order valence-corrected chi connectivity index (χ2v) is 6.52. The number of rotatable bonds is 5. The fourth-order valence-corrected chi connectivity index (χ4v) is 2.55. The van der Waals surface area contributed by atoms with Gasteiger partial charge in [-0.3, -0.25) is 4.79 Å². The zero-order chi connectivity index (χ0) is 13.8. The van der Waals surface area contributed by atoms with E-state index >= 15 is 0 Å². The molecule has 0 radical (unpaired) electrons. The average molecular weight is 270 g/mol. The van der Waals surface area contributed by atoms with Gasteiger partial charge in [-0.2, -0.15) is 0 Å². The number of benzene rings is 1. The fourth-order valence-electron chi connectivity index (χ4n) is 1.33. The largest absolute Gasteiger partial charge is 0.399 e. The summed E-state index contributed by atoms with van der Waals surface area (Å²) in [6.07, 6.45) is 0. The van der Waals surface area contributed by atoms with Crippen LogP contribution in [0.1, 0.15) is 13.8 Å². The maximum atomic E-state index is 11.9. The highest BCUT2D eigenvalue weighted by Crippen LogP contribution is 2.14. The van der Waals surface area contributed by atoms with E-state index in [0.717, 1.165) is 0 Å². The summed E-state index contributed by atoms with van der Waals surface area (Å²) >= 11 is 0. The number of hydrogen-bond donors (Lipinski definition) is 2. The first-order valence-electron chi connectivity index (χ1n) is 5.66. The van der Waals surface area contributed by atoms with E-state index in [1.165, 1.54) is 12.1 Å². The lowest BCUT2D eigenvalue weighted by molar-refractivity contribution is -0.118. The Hall–Kier alpha value is -1.56. The number of nitrogens with one attached hydrogen (secondary N) is 1. The van der Waals surface area contributed by atoms with Gasteiger partial charge in [-0.05, 0) is 24.1 Å². The van der Waals surface area contributed by atoms with Crippen molar-refractivity contribution in [3.8, 4) is 0 Å². The molecule has 1 aromatic rings. The van der Waals surface area contributed by atoms with Crippen LogP contribution in [0.25, 0.3) is 0 Å². The molecule has 1 rings (SSSR count). The third kappa shape index (κ3) is 4.37. The molecule has 0 atom stereocenters. The quantitative estimate of drug-likeness (QED) is 0.775. The average Bonchev–Trinajstić information content (AvgIpc) is 2.26. The van der Waals surface area contributed by atoms with Crippen LogP contribution in [0.5, 0.6) is 0 Å². The second-order valence-electron chi connectivity index (χ2n) is 4.53. The van der Waals surface area contributed by atoms with Crippen LogP contribution in [0.4, 0.5) is 5.69 Å². The van der Waals surface area contributed by atoms with Gasteiger partial charge in [-0.15, -0.1) is 0 Å². The summed E-state index contributed by atoms with van der Waals surface area (Å²) in [5, 5.41) is 2.57. The molecule has 0 unspecified atom stereocenters. The Morgan fingerprint density at radius 2 is 2.06 bits per heavy atom. The van der Waals surface area contributed by atoms with Crippen LogP contribution in [-0.2, 0) is 14.6 Å². The van der Waals surface area contributed by atoms with Crippen LogP contribution in [0.2, 0.25) is 0 Å². The molecular formula is C12H18N2O3S. The highest BCUT2D eigenvalue weighted by Gasteiger charge is 2.19. The lowest BCUT2D eigenvalue weighted by atomic mass is 10.2. The molecule has 0 aliphatic carbocycles. The highest BCUT2D eigenvalue weighted by atomic mass is 32.2. The van der Waals surface area contributed by atoms with Crippen LogP contribution in [0.15, 0.2) is 29.2 Å². The van der Waals surface area contributed by atoms with E-state index in [-0.39, 0.29) is 10.8 Å². The molecule has 18 heavy (non-hydrogen) atoms. The Morgan fingerprint density at radius 3 is 2.61 bits per heavy atom. The summed E-state index contributed by atoms with van der Waals surface area (Å²) < 4.78 is 23.8. The summed E-state index contributed by atoms with van der Waals surface area (Å²) in [5.74, 6) is -0.765. The van der Waals surface area contributed by atoms with Crippen molar-refractivity contribution in [2.75, 3.05) is 18.0 Å². The Kier molecular flexibility index (Phi) is 4.72. The molecule has 0 saturated carbocycles. The number of carbonyl (C=O) groups is 1. The topological polar surface area (TPSA) is 89.3 Å². The summed E-state index contributed by atoms with van der Waals surface area (Å²) in [4.78, 5) is 11.6. The van der Waals surface area contributed by atoms with Crippen molar-refractivity contribution in [3.63, 3.8) is 0 Å². The van der Waals surface area contributed by atoms with Crippen molar-refractivity contribution >= 4 is 21.4 Å². The van der Waals surface area contributed by atoms with Gasteiger partial charge in [-0.1, -0.05) is 19.9 Å². The Balaban J connectivity index is 2.74. The monoisotopic (exact) mass is 270 g/mol. The number of amides is 1. The Labute approximate surface area is 107 Å². The van der Waals surface area contributed by atoms with E-state index in [1.54, 1.807) is 12.1 Å². The second kappa shape index (κ2) is 5.86. The van der Waals surface area contributed by atoms with Gasteiger partial charge in [0.25, 0.3) is 0 Å². The summed E-state index contributed by atoms with van der Waals surface area (Å²) in [6, 6.07) is 5.93. The van der Waals surface area contributed by atoms with E-state index in [1.807, 2.05) is 13.8 Å². The molecule has 1 amide bonds. The molecule has 0 spiro atoms. The van der Waals surface area contributed by atoms with Crippen LogP contribution >= 0.6 is 0 Å². The van der Waals surface area contributed by atoms with Gasteiger partial charge in [0.1, 0.15) is 5.75 Å². The van der Waals surface area contributed by atoms with Crippen LogP contribution in [-0.4, -0.2) is 26.6 Å². The molecule has 3 N–H and O–H groups in total. The van der Waals surface area contributed by atoms with E-state index in [0.29, 0.717) is 12.2 Å². The zero-order valence-electron chi connectivity index (χ0n) is 10.5. The molecular weight excluding hydrogens is 252 g/mol. The summed E-state index contributed by atoms with van der Waals surface area (Å²) in [5.41, 5.74) is 5.88. The third-order valence-corrected chi connectivity index (χ3v) is 3.86. The maximum Gasteiger partial charge on any atom is 0.235 e. The van der Waals surface area contributed by atoms with Gasteiger partial charge < -0.3 is 11.1 Å². The first kappa shape index (κ1) is 14.5. The summed E-state index contributed by atoms with van der Waals surface area (Å²) in [6.45, 7) is 4.34. The molecule has 0 saturated heterocycles. The SMILES string of the molecule is CC(C)CNC(=O)CS(=O)(=O)c1cccc(N)c1. The summed E-state index contributed by atoms with van der Waals surface area (Å²) in [7, 11) is -3.62. The van der Waals surface area contributed by atoms with E-state index < -0.39 is 21.5 Å². The van der Waals surface area contributed by atoms with Crippen molar-refractivity contribution in [1.29, 1.82) is 0 Å². The molecule has 0 bridgehead atoms. The number of nitrogen functional groups attached to an aromatic ring is 1. The van der Waals surface area contributed by atoms with Crippen molar-refractivity contribution in [2.24, 2.45) is 5.92 Å². The van der Waals surface area contributed by atoms with Crippen LogP contribution in [0.3, 0.4) is 0 Å². The lowest BCUT2D eigenvalue weighted by Crippen LogP contribution is -2.32. The van der Waals surface area contributed by atoms with Gasteiger partial charge >= 0.3 is 0 Å². The maximum absolute atomic E-state index is 11.9. The molecule has 1 aromatic carbocycles. The van der Waals surface area contributed by atoms with E-state index in [4.69, 9.17) is 5.73 Å². The molecule has 0 aromatic heterocycles.